The maximum Gasteiger partial charge on any atom is 0.0959 e. The van der Waals surface area contributed by atoms with Crippen LogP contribution >= 0.6 is 0 Å². The largest absolute Gasteiger partial charge is 0.390 e. The van der Waals surface area contributed by atoms with E-state index in [0.29, 0.717) is 13.1 Å². The molecule has 2 heterocycles. The average molecular weight is 341 g/mol. The van der Waals surface area contributed by atoms with E-state index in [1.54, 1.807) is 6.20 Å². The van der Waals surface area contributed by atoms with Crippen molar-refractivity contribution in [3.05, 3.63) is 48.0 Å². The van der Waals surface area contributed by atoms with Crippen LogP contribution in [0.4, 0.5) is 0 Å². The molecule has 0 amide bonds. The zero-order chi connectivity index (χ0) is 18.0. The van der Waals surface area contributed by atoms with Gasteiger partial charge in [-0.2, -0.15) is 5.10 Å². The summed E-state index contributed by atoms with van der Waals surface area (Å²) in [5.41, 5.74) is 4.52. The number of aliphatic hydroxyl groups excluding tert-OH is 1. The number of hydrogen-bond donors (Lipinski definition) is 2. The number of rotatable bonds is 7. The fraction of sp³-hybridized carbons (Fsp3) is 0.474. The monoisotopic (exact) mass is 341 g/mol. The summed E-state index contributed by atoms with van der Waals surface area (Å²) >= 11 is 0. The molecule has 0 saturated carbocycles. The molecule has 0 saturated heterocycles. The Hall–Kier alpha value is -2.18. The SMILES string of the molecule is Cc1cc2ncn(CC(O)CNC(C)C(C)n3cccn3)c2cc1C. The quantitative estimate of drug-likeness (QED) is 0.693. The Morgan fingerprint density at radius 2 is 1.96 bits per heavy atom. The topological polar surface area (TPSA) is 67.9 Å². The average Bonchev–Trinajstić information content (AvgIpc) is 3.24. The van der Waals surface area contributed by atoms with Crippen molar-refractivity contribution in [1.82, 2.24) is 24.6 Å². The molecule has 0 aliphatic carbocycles. The van der Waals surface area contributed by atoms with Crippen LogP contribution in [0.1, 0.15) is 31.0 Å². The molecule has 6 nitrogen and oxygen atoms in total. The third-order valence-electron chi connectivity index (χ3n) is 4.99. The number of nitrogens with zero attached hydrogens (tertiary/aromatic N) is 4. The molecule has 6 heteroatoms. The molecule has 0 fully saturated rings. The molecule has 3 rings (SSSR count). The van der Waals surface area contributed by atoms with Crippen molar-refractivity contribution in [2.75, 3.05) is 6.54 Å². The molecule has 134 valence electrons. The van der Waals surface area contributed by atoms with Gasteiger partial charge in [0.1, 0.15) is 0 Å². The minimum atomic E-state index is -0.480. The predicted molar refractivity (Wildman–Crippen MR) is 99.6 cm³/mol. The second-order valence-electron chi connectivity index (χ2n) is 6.90. The van der Waals surface area contributed by atoms with Crippen molar-refractivity contribution in [1.29, 1.82) is 0 Å². The number of imidazole rings is 1. The molecule has 0 spiro atoms. The van der Waals surface area contributed by atoms with Crippen molar-refractivity contribution >= 4 is 11.0 Å². The number of hydrogen-bond acceptors (Lipinski definition) is 4. The molecule has 0 aliphatic heterocycles. The van der Waals surface area contributed by atoms with Crippen LogP contribution in [0.3, 0.4) is 0 Å². The highest BCUT2D eigenvalue weighted by atomic mass is 16.3. The minimum Gasteiger partial charge on any atom is -0.390 e. The van der Waals surface area contributed by atoms with Gasteiger partial charge in [-0.15, -0.1) is 0 Å². The number of fused-ring (bicyclic) bond motifs is 1. The van der Waals surface area contributed by atoms with Gasteiger partial charge in [-0.1, -0.05) is 0 Å². The number of aryl methyl sites for hydroxylation is 2. The van der Waals surface area contributed by atoms with E-state index in [4.69, 9.17) is 0 Å². The zero-order valence-corrected chi connectivity index (χ0v) is 15.3. The molecule has 0 aliphatic rings. The lowest BCUT2D eigenvalue weighted by molar-refractivity contribution is 0.145. The first-order valence-corrected chi connectivity index (χ1v) is 8.78. The van der Waals surface area contributed by atoms with Gasteiger partial charge in [0.15, 0.2) is 0 Å². The van der Waals surface area contributed by atoms with E-state index in [9.17, 15) is 5.11 Å². The molecule has 2 aromatic heterocycles. The molecule has 0 radical (unpaired) electrons. The summed E-state index contributed by atoms with van der Waals surface area (Å²) in [5.74, 6) is 0. The van der Waals surface area contributed by atoms with Crippen LogP contribution < -0.4 is 5.32 Å². The van der Waals surface area contributed by atoms with Crippen LogP contribution in [0.2, 0.25) is 0 Å². The highest BCUT2D eigenvalue weighted by Gasteiger charge is 2.16. The minimum absolute atomic E-state index is 0.207. The Labute approximate surface area is 148 Å². The molecule has 0 bridgehead atoms. The van der Waals surface area contributed by atoms with Gasteiger partial charge in [0, 0.05) is 25.0 Å². The second-order valence-corrected chi connectivity index (χ2v) is 6.90. The van der Waals surface area contributed by atoms with Crippen LogP contribution in [-0.2, 0) is 6.54 Å². The fourth-order valence-electron chi connectivity index (χ4n) is 2.99. The third-order valence-corrected chi connectivity index (χ3v) is 4.99. The Morgan fingerprint density at radius 1 is 1.20 bits per heavy atom. The zero-order valence-electron chi connectivity index (χ0n) is 15.3. The normalized spacial score (nSPS) is 15.4. The number of aromatic nitrogens is 4. The van der Waals surface area contributed by atoms with E-state index in [1.165, 1.54) is 11.1 Å². The highest BCUT2D eigenvalue weighted by Crippen LogP contribution is 2.18. The molecule has 3 unspecified atom stereocenters. The summed E-state index contributed by atoms with van der Waals surface area (Å²) in [5, 5.41) is 18.1. The van der Waals surface area contributed by atoms with Crippen molar-refractivity contribution in [2.45, 2.75) is 52.4 Å². The van der Waals surface area contributed by atoms with Gasteiger partial charge < -0.3 is 15.0 Å². The smallest absolute Gasteiger partial charge is 0.0959 e. The molecule has 3 atom stereocenters. The lowest BCUT2D eigenvalue weighted by Gasteiger charge is -2.23. The van der Waals surface area contributed by atoms with Crippen molar-refractivity contribution < 1.29 is 5.11 Å². The summed E-state index contributed by atoms with van der Waals surface area (Å²) in [4.78, 5) is 4.45. The Balaban J connectivity index is 1.59. The molecular weight excluding hydrogens is 314 g/mol. The van der Waals surface area contributed by atoms with Gasteiger partial charge >= 0.3 is 0 Å². The van der Waals surface area contributed by atoms with Crippen molar-refractivity contribution in [3.63, 3.8) is 0 Å². The van der Waals surface area contributed by atoms with Crippen LogP contribution in [-0.4, -0.2) is 43.1 Å². The molecular formula is C19H27N5O. The summed E-state index contributed by atoms with van der Waals surface area (Å²) in [7, 11) is 0. The first-order valence-electron chi connectivity index (χ1n) is 8.78. The first-order chi connectivity index (χ1) is 12.0. The van der Waals surface area contributed by atoms with E-state index in [-0.39, 0.29) is 12.1 Å². The Morgan fingerprint density at radius 3 is 2.68 bits per heavy atom. The first kappa shape index (κ1) is 17.6. The maximum atomic E-state index is 10.4. The number of nitrogens with one attached hydrogen (secondary N) is 1. The van der Waals surface area contributed by atoms with E-state index >= 15 is 0 Å². The third kappa shape index (κ3) is 3.91. The summed E-state index contributed by atoms with van der Waals surface area (Å²) in [6, 6.07) is 6.59. The van der Waals surface area contributed by atoms with Gasteiger partial charge in [-0.05, 0) is 57.0 Å². The van der Waals surface area contributed by atoms with Crippen LogP contribution in [0.5, 0.6) is 0 Å². The maximum absolute atomic E-state index is 10.4. The second kappa shape index (κ2) is 7.37. The summed E-state index contributed by atoms with van der Waals surface area (Å²) < 4.78 is 3.95. The molecule has 3 aromatic rings. The van der Waals surface area contributed by atoms with Gasteiger partial charge in [0.2, 0.25) is 0 Å². The summed E-state index contributed by atoms with van der Waals surface area (Å²) in [6.07, 6.45) is 5.07. The van der Waals surface area contributed by atoms with Gasteiger partial charge in [-0.3, -0.25) is 4.68 Å². The van der Waals surface area contributed by atoms with E-state index in [0.717, 1.165) is 11.0 Å². The number of aliphatic hydroxyl groups is 1. The Bertz CT molecular complexity index is 824. The standard InChI is InChI=1S/C19H27N5O/c1-13-8-18-19(9-14(13)2)23(12-21-18)11-17(25)10-20-15(3)16(4)24-7-5-6-22-24/h5-9,12,15-17,20,25H,10-11H2,1-4H3. The molecule has 25 heavy (non-hydrogen) atoms. The molecule has 2 N–H and O–H groups in total. The van der Waals surface area contributed by atoms with Crippen LogP contribution in [0.15, 0.2) is 36.9 Å². The molecule has 1 aromatic carbocycles. The Kier molecular flexibility index (Phi) is 5.20. The van der Waals surface area contributed by atoms with Crippen LogP contribution in [0, 0.1) is 13.8 Å². The lowest BCUT2D eigenvalue weighted by atomic mass is 10.1. The highest BCUT2D eigenvalue weighted by molar-refractivity contribution is 5.77. The van der Waals surface area contributed by atoms with Crippen molar-refractivity contribution in [2.24, 2.45) is 0 Å². The van der Waals surface area contributed by atoms with Crippen LogP contribution in [0.25, 0.3) is 11.0 Å². The lowest BCUT2D eigenvalue weighted by Crippen LogP contribution is -2.39. The fourth-order valence-corrected chi connectivity index (χ4v) is 2.99. The van der Waals surface area contributed by atoms with Gasteiger partial charge in [-0.25, -0.2) is 4.98 Å². The van der Waals surface area contributed by atoms with Gasteiger partial charge in [0.05, 0.1) is 36.1 Å². The van der Waals surface area contributed by atoms with E-state index < -0.39 is 6.10 Å². The van der Waals surface area contributed by atoms with E-state index in [1.807, 2.05) is 27.8 Å². The van der Waals surface area contributed by atoms with Crippen molar-refractivity contribution in [3.8, 4) is 0 Å². The number of benzene rings is 1. The van der Waals surface area contributed by atoms with E-state index in [2.05, 4.69) is 55.2 Å². The summed E-state index contributed by atoms with van der Waals surface area (Å²) in [6.45, 7) is 9.46. The van der Waals surface area contributed by atoms with Gasteiger partial charge in [0.25, 0.3) is 0 Å². The predicted octanol–water partition coefficient (Wildman–Crippen LogP) is 2.45.